The number of rotatable bonds is 3. The van der Waals surface area contributed by atoms with Crippen LogP contribution in [0.5, 0.6) is 11.5 Å². The molecule has 0 saturated carbocycles. The number of hydrogen-bond donors (Lipinski definition) is 1. The van der Waals surface area contributed by atoms with Gasteiger partial charge in [0.2, 0.25) is 0 Å². The van der Waals surface area contributed by atoms with Crippen LogP contribution in [0.1, 0.15) is 17.3 Å². The monoisotopic (exact) mass is 296 g/mol. The molecule has 4 nitrogen and oxygen atoms in total. The molecule has 112 valence electrons. The van der Waals surface area contributed by atoms with Crippen LogP contribution >= 0.6 is 0 Å². The lowest BCUT2D eigenvalue weighted by atomic mass is 9.96. The molecule has 1 N–H and O–H groups in total. The topological polar surface area (TPSA) is 55.8 Å². The van der Waals surface area contributed by atoms with Crippen molar-refractivity contribution in [2.24, 2.45) is 0 Å². The molecular formula is C18H16O4. The summed E-state index contributed by atoms with van der Waals surface area (Å²) in [6.45, 7) is 1.99. The van der Waals surface area contributed by atoms with Crippen molar-refractivity contribution in [1.82, 2.24) is 0 Å². The number of benzene rings is 3. The Balaban J connectivity index is 2.45. The second kappa shape index (κ2) is 5.56. The zero-order chi connectivity index (χ0) is 15.7. The number of methoxy groups -OCH3 is 1. The summed E-state index contributed by atoms with van der Waals surface area (Å²) in [5.74, 6) is 0.0138. The van der Waals surface area contributed by atoms with E-state index < -0.39 is 5.97 Å². The summed E-state index contributed by atoms with van der Waals surface area (Å²) in [6, 6.07) is 12.9. The number of phenols is 1. The minimum Gasteiger partial charge on any atom is -0.506 e. The highest BCUT2D eigenvalue weighted by atomic mass is 16.5. The third kappa shape index (κ3) is 2.13. The highest BCUT2D eigenvalue weighted by Gasteiger charge is 2.20. The first kappa shape index (κ1) is 14.2. The molecule has 0 fully saturated rings. The van der Waals surface area contributed by atoms with E-state index in [-0.39, 0.29) is 17.9 Å². The van der Waals surface area contributed by atoms with Gasteiger partial charge in [-0.15, -0.1) is 0 Å². The van der Waals surface area contributed by atoms with E-state index in [2.05, 4.69) is 0 Å². The van der Waals surface area contributed by atoms with Crippen molar-refractivity contribution in [1.29, 1.82) is 0 Å². The normalized spacial score (nSPS) is 10.8. The van der Waals surface area contributed by atoms with Gasteiger partial charge < -0.3 is 14.6 Å². The molecule has 0 saturated heterocycles. The Bertz CT molecular complexity index is 868. The summed E-state index contributed by atoms with van der Waals surface area (Å²) < 4.78 is 10.3. The Morgan fingerprint density at radius 2 is 1.73 bits per heavy atom. The van der Waals surface area contributed by atoms with E-state index in [1.54, 1.807) is 20.1 Å². The van der Waals surface area contributed by atoms with Gasteiger partial charge in [-0.1, -0.05) is 24.3 Å². The minimum absolute atomic E-state index is 0.0777. The van der Waals surface area contributed by atoms with Crippen LogP contribution in [0.4, 0.5) is 0 Å². The molecule has 0 heterocycles. The third-order valence-corrected chi connectivity index (χ3v) is 3.68. The fourth-order valence-corrected chi connectivity index (χ4v) is 2.69. The maximum Gasteiger partial charge on any atom is 0.342 e. The van der Waals surface area contributed by atoms with Crippen molar-refractivity contribution in [2.45, 2.75) is 6.92 Å². The Hall–Kier alpha value is -2.75. The van der Waals surface area contributed by atoms with E-state index in [0.29, 0.717) is 16.5 Å². The molecule has 0 atom stereocenters. The Morgan fingerprint density at radius 1 is 1.05 bits per heavy atom. The largest absolute Gasteiger partial charge is 0.506 e. The molecule has 0 aromatic heterocycles. The van der Waals surface area contributed by atoms with Gasteiger partial charge in [-0.05, 0) is 35.9 Å². The number of esters is 1. The van der Waals surface area contributed by atoms with E-state index in [1.165, 1.54) is 0 Å². The smallest absolute Gasteiger partial charge is 0.342 e. The Morgan fingerprint density at radius 3 is 2.41 bits per heavy atom. The molecule has 3 rings (SSSR count). The van der Waals surface area contributed by atoms with Gasteiger partial charge in [0.05, 0.1) is 13.7 Å². The number of aromatic hydroxyl groups is 1. The number of phenolic OH excluding ortho intramolecular Hbond substituents is 1. The summed E-state index contributed by atoms with van der Waals surface area (Å²) >= 11 is 0. The molecule has 0 amide bonds. The first-order valence-electron chi connectivity index (χ1n) is 7.06. The Kier molecular flexibility index (Phi) is 3.59. The second-order valence-electron chi connectivity index (χ2n) is 4.90. The molecule has 0 unspecified atom stereocenters. The van der Waals surface area contributed by atoms with Crippen LogP contribution in [-0.4, -0.2) is 24.8 Å². The van der Waals surface area contributed by atoms with Gasteiger partial charge in [-0.25, -0.2) is 4.79 Å². The van der Waals surface area contributed by atoms with Gasteiger partial charge in [0, 0.05) is 10.8 Å². The van der Waals surface area contributed by atoms with Gasteiger partial charge >= 0.3 is 5.97 Å². The molecule has 0 aliphatic carbocycles. The Labute approximate surface area is 127 Å². The molecular weight excluding hydrogens is 280 g/mol. The maximum atomic E-state index is 12.3. The van der Waals surface area contributed by atoms with E-state index in [0.717, 1.165) is 10.8 Å². The molecule has 3 aromatic rings. The van der Waals surface area contributed by atoms with Gasteiger partial charge in [0.25, 0.3) is 0 Å². The quantitative estimate of drug-likeness (QED) is 0.588. The van der Waals surface area contributed by atoms with E-state index >= 15 is 0 Å². The average molecular weight is 296 g/mol. The highest BCUT2D eigenvalue weighted by molar-refractivity contribution is 6.19. The second-order valence-corrected chi connectivity index (χ2v) is 4.90. The van der Waals surface area contributed by atoms with Gasteiger partial charge in [-0.2, -0.15) is 0 Å². The summed E-state index contributed by atoms with van der Waals surface area (Å²) in [4.78, 5) is 12.3. The lowest BCUT2D eigenvalue weighted by Gasteiger charge is -2.13. The summed E-state index contributed by atoms with van der Waals surface area (Å²) in [6.07, 6.45) is 0. The van der Waals surface area contributed by atoms with Crippen LogP contribution < -0.4 is 4.74 Å². The van der Waals surface area contributed by atoms with Crippen LogP contribution in [0, 0.1) is 0 Å². The zero-order valence-corrected chi connectivity index (χ0v) is 12.4. The highest BCUT2D eigenvalue weighted by Crippen LogP contribution is 2.39. The number of hydrogen-bond acceptors (Lipinski definition) is 4. The lowest BCUT2D eigenvalue weighted by Crippen LogP contribution is -2.06. The molecule has 3 aromatic carbocycles. The van der Waals surface area contributed by atoms with Crippen LogP contribution in [0.15, 0.2) is 42.5 Å². The first-order valence-corrected chi connectivity index (χ1v) is 7.06. The standard InChI is InChI=1S/C18H16O4/c1-3-22-18(20)16-14-7-5-4-6-12(14)13-9-8-11(21-2)10-15(13)17(16)19/h4-10,19H,3H2,1-2H3. The molecule has 22 heavy (non-hydrogen) atoms. The van der Waals surface area contributed by atoms with Crippen LogP contribution in [0.3, 0.4) is 0 Å². The summed E-state index contributed by atoms with van der Waals surface area (Å²) in [7, 11) is 1.56. The molecule has 4 heteroatoms. The van der Waals surface area contributed by atoms with E-state index in [9.17, 15) is 9.90 Å². The maximum absolute atomic E-state index is 12.3. The predicted molar refractivity (Wildman–Crippen MR) is 85.6 cm³/mol. The fourth-order valence-electron chi connectivity index (χ4n) is 2.69. The van der Waals surface area contributed by atoms with Gasteiger partial charge in [0.15, 0.2) is 0 Å². The zero-order valence-electron chi connectivity index (χ0n) is 12.4. The molecule has 0 aliphatic rings. The average Bonchev–Trinajstić information content (AvgIpc) is 2.55. The molecule has 0 radical (unpaired) electrons. The minimum atomic E-state index is -0.527. The number of ether oxygens (including phenoxy) is 2. The van der Waals surface area contributed by atoms with Crippen LogP contribution in [0.25, 0.3) is 21.5 Å². The SMILES string of the molecule is CCOC(=O)c1c(O)c2cc(OC)ccc2c2ccccc12. The summed E-state index contributed by atoms with van der Waals surface area (Å²) in [5, 5.41) is 13.6. The molecule has 0 bridgehead atoms. The third-order valence-electron chi connectivity index (χ3n) is 3.68. The number of fused-ring (bicyclic) bond motifs is 3. The van der Waals surface area contributed by atoms with Crippen LogP contribution in [0.2, 0.25) is 0 Å². The van der Waals surface area contributed by atoms with E-state index in [1.807, 2.05) is 36.4 Å². The molecule has 0 spiro atoms. The van der Waals surface area contributed by atoms with Gasteiger partial charge in [0.1, 0.15) is 17.1 Å². The lowest BCUT2D eigenvalue weighted by molar-refractivity contribution is 0.0526. The number of carbonyl (C=O) groups is 1. The van der Waals surface area contributed by atoms with Crippen molar-refractivity contribution in [2.75, 3.05) is 13.7 Å². The molecule has 0 aliphatic heterocycles. The van der Waals surface area contributed by atoms with Crippen molar-refractivity contribution in [3.05, 3.63) is 48.0 Å². The first-order chi connectivity index (χ1) is 10.7. The number of carbonyl (C=O) groups excluding carboxylic acids is 1. The van der Waals surface area contributed by atoms with Crippen LogP contribution in [-0.2, 0) is 4.74 Å². The van der Waals surface area contributed by atoms with Crippen molar-refractivity contribution in [3.63, 3.8) is 0 Å². The van der Waals surface area contributed by atoms with Crippen molar-refractivity contribution in [3.8, 4) is 11.5 Å². The predicted octanol–water partition coefficient (Wildman–Crippen LogP) is 3.88. The van der Waals surface area contributed by atoms with Gasteiger partial charge in [-0.3, -0.25) is 0 Å². The van der Waals surface area contributed by atoms with Crippen molar-refractivity contribution >= 4 is 27.5 Å². The van der Waals surface area contributed by atoms with E-state index in [4.69, 9.17) is 9.47 Å². The van der Waals surface area contributed by atoms with Crippen molar-refractivity contribution < 1.29 is 19.4 Å². The fraction of sp³-hybridized carbons (Fsp3) is 0.167. The summed E-state index contributed by atoms with van der Waals surface area (Å²) in [5.41, 5.74) is 0.193.